The van der Waals surface area contributed by atoms with E-state index in [2.05, 4.69) is 4.84 Å². The van der Waals surface area contributed by atoms with E-state index in [1.807, 2.05) is 0 Å². The molecule has 0 spiro atoms. The maximum Gasteiger partial charge on any atom is 0.294 e. The molecule has 0 radical (unpaired) electrons. The van der Waals surface area contributed by atoms with E-state index < -0.39 is 29.5 Å². The summed E-state index contributed by atoms with van der Waals surface area (Å²) < 4.78 is 10.2. The summed E-state index contributed by atoms with van der Waals surface area (Å²) in [5, 5.41) is 18.4. The highest BCUT2D eigenvalue weighted by atomic mass is 17.0. The number of hydrogen-bond acceptors (Lipinski definition) is 6. The van der Waals surface area contributed by atoms with Crippen LogP contribution in [0.15, 0.2) is 0 Å². The molecule has 2 rings (SSSR count). The first kappa shape index (κ1) is 8.67. The van der Waals surface area contributed by atoms with Crippen molar-refractivity contribution in [2.75, 3.05) is 13.2 Å². The monoisotopic (exact) mass is 191 g/mol. The summed E-state index contributed by atoms with van der Waals surface area (Å²) in [6.07, 6.45) is -2.41. The van der Waals surface area contributed by atoms with Crippen molar-refractivity contribution in [2.24, 2.45) is 0 Å². The molecular formula is C6H9NO6. The second-order valence-electron chi connectivity index (χ2n) is 3.03. The first-order valence-electron chi connectivity index (χ1n) is 3.91. The van der Waals surface area contributed by atoms with Gasteiger partial charge in [-0.3, -0.25) is 0 Å². The van der Waals surface area contributed by atoms with Gasteiger partial charge in [0.15, 0.2) is 6.10 Å². The molecule has 4 atom stereocenters. The topological polar surface area (TPSA) is 91.1 Å². The van der Waals surface area contributed by atoms with E-state index in [0.29, 0.717) is 0 Å². The molecule has 0 unspecified atom stereocenters. The largest absolute Gasteiger partial charge is 0.388 e. The quantitative estimate of drug-likeness (QED) is 0.432. The standard InChI is InChI=1S/C6H9NO6/c8-3-1-11-6-4(13-7(9)10)2-12-5(3)6/h3-6,8H,1-2H2/t3-,4-,5+,6+/m1/s1. The van der Waals surface area contributed by atoms with Crippen LogP contribution in [-0.2, 0) is 14.3 Å². The Bertz CT molecular complexity index is 221. The summed E-state index contributed by atoms with van der Waals surface area (Å²) in [6, 6.07) is 0. The van der Waals surface area contributed by atoms with Crippen molar-refractivity contribution in [3.63, 3.8) is 0 Å². The number of aliphatic hydroxyl groups excluding tert-OH is 1. The predicted molar refractivity (Wildman–Crippen MR) is 37.4 cm³/mol. The van der Waals surface area contributed by atoms with Gasteiger partial charge in [-0.1, -0.05) is 0 Å². The number of fused-ring (bicyclic) bond motifs is 1. The number of ether oxygens (including phenoxy) is 2. The summed E-state index contributed by atoms with van der Waals surface area (Å²) in [5.41, 5.74) is 0. The zero-order chi connectivity index (χ0) is 9.42. The molecule has 2 aliphatic rings. The normalized spacial score (nSPS) is 43.2. The lowest BCUT2D eigenvalue weighted by atomic mass is 10.1. The number of rotatable bonds is 2. The van der Waals surface area contributed by atoms with Gasteiger partial charge in [-0.15, -0.1) is 10.1 Å². The Labute approximate surface area is 73.3 Å². The van der Waals surface area contributed by atoms with Crippen molar-refractivity contribution in [1.82, 2.24) is 0 Å². The summed E-state index contributed by atoms with van der Waals surface area (Å²) in [7, 11) is 0. The van der Waals surface area contributed by atoms with Gasteiger partial charge in [-0.05, 0) is 0 Å². The molecule has 0 amide bonds. The van der Waals surface area contributed by atoms with E-state index >= 15 is 0 Å². The van der Waals surface area contributed by atoms with Crippen LogP contribution in [-0.4, -0.2) is 47.8 Å². The van der Waals surface area contributed by atoms with Crippen LogP contribution in [0.4, 0.5) is 0 Å². The number of hydrogen-bond donors (Lipinski definition) is 1. The van der Waals surface area contributed by atoms with Crippen LogP contribution in [0.25, 0.3) is 0 Å². The molecule has 2 fully saturated rings. The van der Waals surface area contributed by atoms with Crippen molar-refractivity contribution < 1.29 is 24.5 Å². The lowest BCUT2D eigenvalue weighted by Gasteiger charge is -2.12. The Kier molecular flexibility index (Phi) is 2.06. The molecule has 2 heterocycles. The number of nitrogens with zero attached hydrogens (tertiary/aromatic N) is 1. The molecule has 74 valence electrons. The third kappa shape index (κ3) is 1.45. The van der Waals surface area contributed by atoms with Crippen molar-refractivity contribution in [1.29, 1.82) is 0 Å². The lowest BCUT2D eigenvalue weighted by molar-refractivity contribution is -0.769. The fraction of sp³-hybridized carbons (Fsp3) is 1.00. The van der Waals surface area contributed by atoms with E-state index in [4.69, 9.17) is 9.47 Å². The maximum atomic E-state index is 10.0. The van der Waals surface area contributed by atoms with E-state index in [-0.39, 0.29) is 13.2 Å². The third-order valence-corrected chi connectivity index (χ3v) is 2.20. The summed E-state index contributed by atoms with van der Waals surface area (Å²) in [4.78, 5) is 14.4. The Morgan fingerprint density at radius 2 is 2.08 bits per heavy atom. The van der Waals surface area contributed by atoms with E-state index in [9.17, 15) is 15.2 Å². The maximum absolute atomic E-state index is 10.0. The van der Waals surface area contributed by atoms with E-state index in [1.165, 1.54) is 0 Å². The average Bonchev–Trinajstić information content (AvgIpc) is 2.56. The molecule has 7 nitrogen and oxygen atoms in total. The zero-order valence-corrected chi connectivity index (χ0v) is 6.66. The minimum Gasteiger partial charge on any atom is -0.388 e. The van der Waals surface area contributed by atoms with Crippen molar-refractivity contribution in [3.05, 3.63) is 10.1 Å². The van der Waals surface area contributed by atoms with Crippen molar-refractivity contribution in [3.8, 4) is 0 Å². The van der Waals surface area contributed by atoms with Crippen LogP contribution in [0.5, 0.6) is 0 Å². The van der Waals surface area contributed by atoms with Gasteiger partial charge in [0.25, 0.3) is 5.09 Å². The SMILES string of the molecule is O=[N+]([O-])O[C@@H]1CO[C@@H]2[C@H]1OC[C@H]2O. The lowest BCUT2D eigenvalue weighted by Crippen LogP contribution is -2.33. The minimum atomic E-state index is -0.871. The molecular weight excluding hydrogens is 182 g/mol. The molecule has 7 heteroatoms. The zero-order valence-electron chi connectivity index (χ0n) is 6.66. The molecule has 0 aromatic rings. The van der Waals surface area contributed by atoms with Gasteiger partial charge in [0.05, 0.1) is 13.2 Å². The fourth-order valence-electron chi connectivity index (χ4n) is 1.64. The predicted octanol–water partition coefficient (Wildman–Crippen LogP) is -1.28. The Morgan fingerprint density at radius 1 is 1.38 bits per heavy atom. The Morgan fingerprint density at radius 3 is 2.77 bits per heavy atom. The first-order chi connectivity index (χ1) is 6.18. The van der Waals surface area contributed by atoms with E-state index in [1.54, 1.807) is 0 Å². The molecule has 0 bridgehead atoms. The van der Waals surface area contributed by atoms with Gasteiger partial charge in [-0.25, -0.2) is 0 Å². The highest BCUT2D eigenvalue weighted by Crippen LogP contribution is 2.28. The molecule has 1 N–H and O–H groups in total. The van der Waals surface area contributed by atoms with Gasteiger partial charge < -0.3 is 19.4 Å². The highest BCUT2D eigenvalue weighted by molar-refractivity contribution is 4.94. The van der Waals surface area contributed by atoms with Gasteiger partial charge in [0.2, 0.25) is 0 Å². The van der Waals surface area contributed by atoms with Gasteiger partial charge in [0.1, 0.15) is 18.3 Å². The Balaban J connectivity index is 1.98. The molecule has 0 aromatic carbocycles. The third-order valence-electron chi connectivity index (χ3n) is 2.20. The molecule has 0 aromatic heterocycles. The van der Waals surface area contributed by atoms with Crippen LogP contribution in [0.3, 0.4) is 0 Å². The summed E-state index contributed by atoms with van der Waals surface area (Å²) >= 11 is 0. The summed E-state index contributed by atoms with van der Waals surface area (Å²) in [5.74, 6) is 0. The van der Waals surface area contributed by atoms with Crippen LogP contribution < -0.4 is 0 Å². The van der Waals surface area contributed by atoms with Gasteiger partial charge in [0, 0.05) is 0 Å². The first-order valence-corrected chi connectivity index (χ1v) is 3.91. The smallest absolute Gasteiger partial charge is 0.294 e. The number of aliphatic hydroxyl groups is 1. The van der Waals surface area contributed by atoms with Crippen molar-refractivity contribution in [2.45, 2.75) is 24.4 Å². The van der Waals surface area contributed by atoms with Crippen LogP contribution in [0.1, 0.15) is 0 Å². The van der Waals surface area contributed by atoms with Crippen LogP contribution >= 0.6 is 0 Å². The van der Waals surface area contributed by atoms with E-state index in [0.717, 1.165) is 0 Å². The molecule has 2 saturated heterocycles. The highest BCUT2D eigenvalue weighted by Gasteiger charge is 2.48. The van der Waals surface area contributed by atoms with Gasteiger partial charge in [-0.2, -0.15) is 0 Å². The van der Waals surface area contributed by atoms with Crippen LogP contribution in [0, 0.1) is 10.1 Å². The second-order valence-corrected chi connectivity index (χ2v) is 3.03. The Hall–Kier alpha value is -0.920. The molecule has 2 aliphatic heterocycles. The molecule has 0 saturated carbocycles. The molecule has 0 aliphatic carbocycles. The summed E-state index contributed by atoms with van der Waals surface area (Å²) in [6.45, 7) is 0.236. The van der Waals surface area contributed by atoms with Gasteiger partial charge >= 0.3 is 0 Å². The average molecular weight is 191 g/mol. The molecule has 13 heavy (non-hydrogen) atoms. The van der Waals surface area contributed by atoms with Crippen molar-refractivity contribution >= 4 is 0 Å². The fourth-order valence-corrected chi connectivity index (χ4v) is 1.64. The minimum absolute atomic E-state index is 0.0906. The second kappa shape index (κ2) is 3.09. The van der Waals surface area contributed by atoms with Crippen LogP contribution in [0.2, 0.25) is 0 Å².